The van der Waals surface area contributed by atoms with E-state index in [1.165, 1.54) is 6.07 Å². The van der Waals surface area contributed by atoms with Crippen LogP contribution in [0.4, 0.5) is 11.4 Å². The number of aromatic amines is 1. The van der Waals surface area contributed by atoms with Crippen molar-refractivity contribution in [2.75, 3.05) is 12.3 Å². The normalized spacial score (nSPS) is 15.2. The number of aldehydes is 1. The first kappa shape index (κ1) is 23.9. The highest BCUT2D eigenvalue weighted by Gasteiger charge is 2.32. The number of carbonyl (C=O) groups is 2. The number of aliphatic imine (C=N–C) groups is 1. The van der Waals surface area contributed by atoms with Crippen molar-refractivity contribution in [3.8, 4) is 5.69 Å². The number of rotatable bonds is 7. The maximum absolute atomic E-state index is 13.0. The Morgan fingerprint density at radius 1 is 1.14 bits per heavy atom. The summed E-state index contributed by atoms with van der Waals surface area (Å²) in [6.45, 7) is -0.281. The molecule has 1 aliphatic heterocycles. The smallest absolute Gasteiger partial charge is 0.333 e. The highest BCUT2D eigenvalue weighted by atomic mass is 16.3. The average molecular weight is 498 g/mol. The zero-order valence-corrected chi connectivity index (χ0v) is 19.5. The number of anilines is 1. The summed E-state index contributed by atoms with van der Waals surface area (Å²) in [7, 11) is 0. The first-order chi connectivity index (χ1) is 17.9. The van der Waals surface area contributed by atoms with E-state index < -0.39 is 29.1 Å². The van der Waals surface area contributed by atoms with Crippen molar-refractivity contribution in [3.05, 3.63) is 98.7 Å². The number of aliphatic hydroxyl groups is 1. The number of nitrogens with one attached hydrogen (secondary N) is 2. The maximum atomic E-state index is 13.0. The molecule has 0 saturated carbocycles. The van der Waals surface area contributed by atoms with Crippen molar-refractivity contribution >= 4 is 40.2 Å². The lowest BCUT2D eigenvalue weighted by Crippen LogP contribution is -2.43. The van der Waals surface area contributed by atoms with Crippen LogP contribution >= 0.6 is 0 Å². The first-order valence-corrected chi connectivity index (χ1v) is 11.6. The van der Waals surface area contributed by atoms with E-state index in [0.29, 0.717) is 34.4 Å². The molecule has 5 N–H and O–H groups in total. The van der Waals surface area contributed by atoms with E-state index in [9.17, 15) is 24.3 Å². The van der Waals surface area contributed by atoms with Crippen LogP contribution in [0.5, 0.6) is 0 Å². The highest BCUT2D eigenvalue weighted by molar-refractivity contribution is 6.42. The number of fused-ring (bicyclic) bond motifs is 2. The van der Waals surface area contributed by atoms with Crippen LogP contribution < -0.4 is 22.3 Å². The second-order valence-corrected chi connectivity index (χ2v) is 8.75. The number of carbonyl (C=O) groups excluding carboxylic acids is 2. The summed E-state index contributed by atoms with van der Waals surface area (Å²) in [6, 6.07) is 17.5. The van der Waals surface area contributed by atoms with Gasteiger partial charge >= 0.3 is 5.69 Å². The number of para-hydroxylation sites is 1. The minimum absolute atomic E-state index is 0.154. The number of hydrogen-bond donors (Lipinski definition) is 4. The molecular formula is C27H23N5O5. The SMILES string of the molecule is Nc1ccc2[nH]c(=O)n(-c3ccc(CC(C=O)NC(=O)C4=Nc5ccccc5C4CO)cc3)c(=O)c2c1. The number of amides is 1. The number of nitrogens with zero attached hydrogens (tertiary/aromatic N) is 2. The summed E-state index contributed by atoms with van der Waals surface area (Å²) in [5.74, 6) is -1.09. The molecule has 10 nitrogen and oxygen atoms in total. The van der Waals surface area contributed by atoms with Crippen LogP contribution in [0.2, 0.25) is 0 Å². The van der Waals surface area contributed by atoms with Crippen molar-refractivity contribution in [2.24, 2.45) is 4.99 Å². The maximum Gasteiger partial charge on any atom is 0.333 e. The standard InChI is InChI=1S/C27H23N5O5/c28-16-7-10-23-20(12-16)26(36)32(27(37)31-23)18-8-5-15(6-9-18)11-17(13-33)29-25(35)24-21(14-34)19-3-1-2-4-22(19)30-24/h1-10,12-13,17,21,34H,11,14,28H2,(H,29,35)(H,31,37). The number of hydrogen-bond acceptors (Lipinski definition) is 7. The molecule has 2 atom stereocenters. The van der Waals surface area contributed by atoms with Gasteiger partial charge in [-0.2, -0.15) is 0 Å². The summed E-state index contributed by atoms with van der Waals surface area (Å²) < 4.78 is 1.01. The summed E-state index contributed by atoms with van der Waals surface area (Å²) in [4.78, 5) is 57.2. The van der Waals surface area contributed by atoms with E-state index in [2.05, 4.69) is 15.3 Å². The third-order valence-electron chi connectivity index (χ3n) is 6.35. The van der Waals surface area contributed by atoms with Crippen molar-refractivity contribution in [3.63, 3.8) is 0 Å². The molecule has 0 bridgehead atoms. The van der Waals surface area contributed by atoms with Crippen molar-refractivity contribution in [2.45, 2.75) is 18.4 Å². The van der Waals surface area contributed by atoms with Gasteiger partial charge in [0, 0.05) is 5.69 Å². The predicted octanol–water partition coefficient (Wildman–Crippen LogP) is 1.35. The van der Waals surface area contributed by atoms with Gasteiger partial charge in [-0.1, -0.05) is 30.3 Å². The first-order valence-electron chi connectivity index (χ1n) is 11.6. The van der Waals surface area contributed by atoms with Crippen molar-refractivity contribution in [1.82, 2.24) is 14.9 Å². The quantitative estimate of drug-likeness (QED) is 0.223. The van der Waals surface area contributed by atoms with Gasteiger partial charge in [0.1, 0.15) is 12.0 Å². The monoisotopic (exact) mass is 497 g/mol. The third kappa shape index (κ3) is 4.45. The molecule has 0 aliphatic carbocycles. The minimum atomic E-state index is -0.848. The van der Waals surface area contributed by atoms with E-state index in [-0.39, 0.29) is 24.1 Å². The summed E-state index contributed by atoms with van der Waals surface area (Å²) in [5.41, 5.74) is 8.06. The van der Waals surface area contributed by atoms with Crippen LogP contribution in [0, 0.1) is 0 Å². The van der Waals surface area contributed by atoms with Gasteiger partial charge in [-0.25, -0.2) is 14.4 Å². The lowest BCUT2D eigenvalue weighted by molar-refractivity contribution is -0.119. The molecule has 5 rings (SSSR count). The average Bonchev–Trinajstić information content (AvgIpc) is 3.28. The van der Waals surface area contributed by atoms with E-state index in [1.807, 2.05) is 6.07 Å². The molecular weight excluding hydrogens is 474 g/mol. The molecule has 37 heavy (non-hydrogen) atoms. The van der Waals surface area contributed by atoms with Gasteiger partial charge in [0.15, 0.2) is 0 Å². The molecule has 3 aromatic carbocycles. The number of aromatic nitrogens is 2. The number of benzene rings is 3. The van der Waals surface area contributed by atoms with Crippen LogP contribution in [0.1, 0.15) is 17.0 Å². The van der Waals surface area contributed by atoms with Gasteiger partial charge in [-0.3, -0.25) is 9.59 Å². The minimum Gasteiger partial charge on any atom is -0.399 e. The van der Waals surface area contributed by atoms with Gasteiger partial charge in [0.2, 0.25) is 0 Å². The van der Waals surface area contributed by atoms with Gasteiger partial charge in [-0.15, -0.1) is 0 Å². The van der Waals surface area contributed by atoms with Crippen molar-refractivity contribution in [1.29, 1.82) is 0 Å². The second kappa shape index (κ2) is 9.67. The summed E-state index contributed by atoms with van der Waals surface area (Å²) in [6.07, 6.45) is 0.810. The van der Waals surface area contributed by atoms with Crippen LogP contribution in [0.3, 0.4) is 0 Å². The van der Waals surface area contributed by atoms with Gasteiger partial charge in [0.05, 0.1) is 40.8 Å². The Kier molecular flexibility index (Phi) is 6.24. The van der Waals surface area contributed by atoms with Crippen LogP contribution in [-0.2, 0) is 16.0 Å². The molecule has 10 heteroatoms. The van der Waals surface area contributed by atoms with Crippen molar-refractivity contribution < 1.29 is 14.7 Å². The Morgan fingerprint density at radius 3 is 2.62 bits per heavy atom. The molecule has 0 spiro atoms. The third-order valence-corrected chi connectivity index (χ3v) is 6.35. The Labute approximate surface area is 210 Å². The van der Waals surface area contributed by atoms with Gasteiger partial charge in [0.25, 0.3) is 11.5 Å². The Hall–Kier alpha value is -4.83. The van der Waals surface area contributed by atoms with E-state index in [4.69, 9.17) is 5.73 Å². The number of aliphatic hydroxyl groups excluding tert-OH is 1. The zero-order valence-electron chi connectivity index (χ0n) is 19.5. The molecule has 4 aromatic rings. The second-order valence-electron chi connectivity index (χ2n) is 8.75. The lowest BCUT2D eigenvalue weighted by atomic mass is 9.96. The van der Waals surface area contributed by atoms with Gasteiger partial charge < -0.3 is 25.9 Å². The summed E-state index contributed by atoms with van der Waals surface area (Å²) >= 11 is 0. The molecule has 1 amide bonds. The van der Waals surface area contributed by atoms with E-state index in [1.54, 1.807) is 54.6 Å². The molecule has 2 heterocycles. The highest BCUT2D eigenvalue weighted by Crippen LogP contribution is 2.34. The summed E-state index contributed by atoms with van der Waals surface area (Å²) in [5, 5.41) is 12.8. The Bertz CT molecular complexity index is 1670. The number of nitrogens with two attached hydrogens (primary N) is 1. The molecule has 1 aliphatic rings. The van der Waals surface area contributed by atoms with Crippen LogP contribution in [-0.4, -0.2) is 45.2 Å². The zero-order chi connectivity index (χ0) is 26.1. The molecule has 0 saturated heterocycles. The van der Waals surface area contributed by atoms with Crippen LogP contribution in [0.15, 0.2) is 81.3 Å². The Morgan fingerprint density at radius 2 is 1.89 bits per heavy atom. The molecule has 186 valence electrons. The number of H-pyrrole nitrogens is 1. The molecule has 0 fully saturated rings. The molecule has 1 aromatic heterocycles. The fourth-order valence-electron chi connectivity index (χ4n) is 4.51. The van der Waals surface area contributed by atoms with Crippen LogP contribution in [0.25, 0.3) is 16.6 Å². The molecule has 2 unspecified atom stereocenters. The fraction of sp³-hybridized carbons (Fsp3) is 0.148. The van der Waals surface area contributed by atoms with Gasteiger partial charge in [-0.05, 0) is 53.9 Å². The van der Waals surface area contributed by atoms with E-state index >= 15 is 0 Å². The fourth-order valence-corrected chi connectivity index (χ4v) is 4.51. The van der Waals surface area contributed by atoms with E-state index in [0.717, 1.165) is 10.1 Å². The Balaban J connectivity index is 1.34. The topological polar surface area (TPSA) is 160 Å². The number of nitrogen functional groups attached to an aromatic ring is 1. The molecule has 0 radical (unpaired) electrons. The largest absolute Gasteiger partial charge is 0.399 e. The lowest BCUT2D eigenvalue weighted by Gasteiger charge is -2.16. The predicted molar refractivity (Wildman–Crippen MR) is 140 cm³/mol.